The molecule has 1 atom stereocenters. The first-order valence-electron chi connectivity index (χ1n) is 7.38. The van der Waals surface area contributed by atoms with E-state index in [0.717, 1.165) is 28.0 Å². The Hall–Kier alpha value is -2.71. The lowest BCUT2D eigenvalue weighted by Crippen LogP contribution is -2.20. The standard InChI is InChI=1S/C18H17FN4/c1-11-9-23-10-14(7-18(23)12(2)22-11)16-4-3-13(6-17(16)19)5-15(21)8-20/h3-4,6-7,9-10,15H,5,21H2,1-2H3/t15-/m0/s1. The number of nitriles is 1. The van der Waals surface area contributed by atoms with Crippen molar-refractivity contribution < 1.29 is 4.39 Å². The fraction of sp³-hybridized carbons (Fsp3) is 0.222. The summed E-state index contributed by atoms with van der Waals surface area (Å²) in [4.78, 5) is 4.43. The maximum absolute atomic E-state index is 14.4. The minimum absolute atomic E-state index is 0.314. The summed E-state index contributed by atoms with van der Waals surface area (Å²) >= 11 is 0. The summed E-state index contributed by atoms with van der Waals surface area (Å²) in [5, 5.41) is 8.75. The molecule has 4 nitrogen and oxygen atoms in total. The molecule has 0 bridgehead atoms. The van der Waals surface area contributed by atoms with Crippen LogP contribution in [-0.4, -0.2) is 15.4 Å². The molecule has 5 heteroatoms. The lowest BCUT2D eigenvalue weighted by atomic mass is 10.0. The van der Waals surface area contributed by atoms with E-state index in [1.165, 1.54) is 6.07 Å². The van der Waals surface area contributed by atoms with Crippen molar-refractivity contribution in [2.24, 2.45) is 5.73 Å². The van der Waals surface area contributed by atoms with E-state index < -0.39 is 6.04 Å². The fourth-order valence-corrected chi connectivity index (χ4v) is 2.80. The SMILES string of the molecule is Cc1cn2cc(-c3ccc(C[C@H](N)C#N)cc3F)cc2c(C)n1. The Bertz CT molecular complexity index is 921. The molecule has 0 amide bonds. The van der Waals surface area contributed by atoms with Gasteiger partial charge in [-0.2, -0.15) is 5.26 Å². The van der Waals surface area contributed by atoms with Gasteiger partial charge in [-0.05, 0) is 31.5 Å². The quantitative estimate of drug-likeness (QED) is 0.808. The summed E-state index contributed by atoms with van der Waals surface area (Å²) in [5.41, 5.74) is 10.4. The third-order valence-electron chi connectivity index (χ3n) is 3.86. The molecule has 3 aromatic rings. The van der Waals surface area contributed by atoms with Crippen LogP contribution in [0.3, 0.4) is 0 Å². The predicted molar refractivity (Wildman–Crippen MR) is 87.4 cm³/mol. The minimum atomic E-state index is -0.617. The molecular weight excluding hydrogens is 291 g/mol. The van der Waals surface area contributed by atoms with Gasteiger partial charge in [-0.1, -0.05) is 12.1 Å². The summed E-state index contributed by atoms with van der Waals surface area (Å²) in [6.45, 7) is 3.87. The molecule has 3 rings (SSSR count). The molecule has 0 saturated carbocycles. The molecule has 0 aliphatic heterocycles. The van der Waals surface area contributed by atoms with E-state index >= 15 is 0 Å². The zero-order valence-corrected chi connectivity index (χ0v) is 13.0. The molecule has 116 valence electrons. The number of aromatic nitrogens is 2. The van der Waals surface area contributed by atoms with Crippen LogP contribution in [0.1, 0.15) is 17.0 Å². The monoisotopic (exact) mass is 308 g/mol. The van der Waals surface area contributed by atoms with Crippen molar-refractivity contribution in [3.63, 3.8) is 0 Å². The van der Waals surface area contributed by atoms with Crippen molar-refractivity contribution in [2.75, 3.05) is 0 Å². The molecule has 0 aliphatic carbocycles. The highest BCUT2D eigenvalue weighted by molar-refractivity contribution is 5.72. The third-order valence-corrected chi connectivity index (χ3v) is 3.86. The highest BCUT2D eigenvalue weighted by Crippen LogP contribution is 2.27. The van der Waals surface area contributed by atoms with Crippen molar-refractivity contribution in [3.8, 4) is 17.2 Å². The Morgan fingerprint density at radius 2 is 2.09 bits per heavy atom. The van der Waals surface area contributed by atoms with Gasteiger partial charge in [0.15, 0.2) is 0 Å². The average Bonchev–Trinajstić information content (AvgIpc) is 2.91. The van der Waals surface area contributed by atoms with Crippen LogP contribution in [0.4, 0.5) is 4.39 Å². The van der Waals surface area contributed by atoms with Gasteiger partial charge >= 0.3 is 0 Å². The van der Waals surface area contributed by atoms with Crippen LogP contribution in [0.15, 0.2) is 36.7 Å². The number of aryl methyl sites for hydroxylation is 2. The summed E-state index contributed by atoms with van der Waals surface area (Å²) < 4.78 is 16.4. The van der Waals surface area contributed by atoms with Gasteiger partial charge in [0.1, 0.15) is 5.82 Å². The molecule has 2 heterocycles. The lowest BCUT2D eigenvalue weighted by molar-refractivity contribution is 0.628. The topological polar surface area (TPSA) is 67.1 Å². The second kappa shape index (κ2) is 5.82. The molecule has 2 aromatic heterocycles. The van der Waals surface area contributed by atoms with Crippen molar-refractivity contribution in [1.82, 2.24) is 9.38 Å². The Balaban J connectivity index is 2.02. The van der Waals surface area contributed by atoms with Gasteiger partial charge in [0.25, 0.3) is 0 Å². The van der Waals surface area contributed by atoms with E-state index in [9.17, 15) is 4.39 Å². The Kier molecular flexibility index (Phi) is 3.85. The van der Waals surface area contributed by atoms with Crippen LogP contribution < -0.4 is 5.73 Å². The van der Waals surface area contributed by atoms with Gasteiger partial charge in [-0.25, -0.2) is 4.39 Å². The smallest absolute Gasteiger partial charge is 0.131 e. The predicted octanol–water partition coefficient (Wildman–Crippen LogP) is 3.15. The lowest BCUT2D eigenvalue weighted by Gasteiger charge is -2.06. The van der Waals surface area contributed by atoms with Crippen LogP contribution in [0.5, 0.6) is 0 Å². The summed E-state index contributed by atoms with van der Waals surface area (Å²) in [6, 6.07) is 8.27. The zero-order chi connectivity index (χ0) is 16.6. The first-order valence-corrected chi connectivity index (χ1v) is 7.38. The first-order chi connectivity index (χ1) is 11.0. The molecule has 0 fully saturated rings. The number of halogens is 1. The summed E-state index contributed by atoms with van der Waals surface area (Å²) in [5.74, 6) is -0.314. The van der Waals surface area contributed by atoms with Crippen LogP contribution >= 0.6 is 0 Å². The molecule has 0 spiro atoms. The third kappa shape index (κ3) is 2.94. The van der Waals surface area contributed by atoms with Gasteiger partial charge in [-0.15, -0.1) is 0 Å². The number of nitrogens with zero attached hydrogens (tertiary/aromatic N) is 3. The number of fused-ring (bicyclic) bond motifs is 1. The molecule has 23 heavy (non-hydrogen) atoms. The zero-order valence-electron chi connectivity index (χ0n) is 13.0. The molecule has 0 aliphatic rings. The normalized spacial score (nSPS) is 12.3. The molecule has 0 saturated heterocycles. The van der Waals surface area contributed by atoms with Crippen LogP contribution in [0.25, 0.3) is 16.6 Å². The first kappa shape index (κ1) is 15.2. The van der Waals surface area contributed by atoms with Crippen LogP contribution in [0, 0.1) is 31.0 Å². The van der Waals surface area contributed by atoms with Gasteiger partial charge in [-0.3, -0.25) is 4.98 Å². The molecule has 1 aromatic carbocycles. The largest absolute Gasteiger partial charge is 0.320 e. The number of rotatable bonds is 3. The average molecular weight is 308 g/mol. The van der Waals surface area contributed by atoms with Crippen LogP contribution in [-0.2, 0) is 6.42 Å². The number of hydrogen-bond acceptors (Lipinski definition) is 3. The van der Waals surface area contributed by atoms with Gasteiger partial charge < -0.3 is 10.1 Å². The summed E-state index contributed by atoms with van der Waals surface area (Å²) in [7, 11) is 0. The van der Waals surface area contributed by atoms with Gasteiger partial charge in [0.2, 0.25) is 0 Å². The van der Waals surface area contributed by atoms with E-state index in [-0.39, 0.29) is 5.82 Å². The van der Waals surface area contributed by atoms with E-state index in [1.807, 2.05) is 48.8 Å². The van der Waals surface area contributed by atoms with Crippen LogP contribution in [0.2, 0.25) is 0 Å². The Morgan fingerprint density at radius 3 is 2.78 bits per heavy atom. The van der Waals surface area contributed by atoms with Crippen molar-refractivity contribution in [2.45, 2.75) is 26.3 Å². The van der Waals surface area contributed by atoms with Crippen molar-refractivity contribution >= 4 is 5.52 Å². The van der Waals surface area contributed by atoms with E-state index in [0.29, 0.717) is 12.0 Å². The second-order valence-corrected chi connectivity index (χ2v) is 5.74. The minimum Gasteiger partial charge on any atom is -0.320 e. The molecular formula is C18H17FN4. The second-order valence-electron chi connectivity index (χ2n) is 5.74. The molecule has 2 N–H and O–H groups in total. The van der Waals surface area contributed by atoms with E-state index in [1.54, 1.807) is 6.07 Å². The highest BCUT2D eigenvalue weighted by atomic mass is 19.1. The Labute approximate surface area is 134 Å². The van der Waals surface area contributed by atoms with Crippen molar-refractivity contribution in [3.05, 3.63) is 59.4 Å². The molecule has 0 unspecified atom stereocenters. The number of hydrogen-bond donors (Lipinski definition) is 1. The summed E-state index contributed by atoms with van der Waals surface area (Å²) in [6.07, 6.45) is 4.16. The maximum atomic E-state index is 14.4. The van der Waals surface area contributed by atoms with E-state index in [4.69, 9.17) is 11.0 Å². The maximum Gasteiger partial charge on any atom is 0.131 e. The van der Waals surface area contributed by atoms with Gasteiger partial charge in [0.05, 0.1) is 29.0 Å². The molecule has 0 radical (unpaired) electrons. The van der Waals surface area contributed by atoms with Gasteiger partial charge in [0, 0.05) is 29.9 Å². The Morgan fingerprint density at radius 1 is 1.30 bits per heavy atom. The van der Waals surface area contributed by atoms with E-state index in [2.05, 4.69) is 4.98 Å². The highest BCUT2D eigenvalue weighted by Gasteiger charge is 2.11. The fourth-order valence-electron chi connectivity index (χ4n) is 2.80. The van der Waals surface area contributed by atoms with Crippen molar-refractivity contribution in [1.29, 1.82) is 5.26 Å². The number of benzene rings is 1. The number of nitrogens with two attached hydrogens (primary N) is 1.